The lowest BCUT2D eigenvalue weighted by molar-refractivity contribution is -0.131. The second kappa shape index (κ2) is 6.36. The van der Waals surface area contributed by atoms with Crippen molar-refractivity contribution in [2.75, 3.05) is 18.4 Å². The monoisotopic (exact) mass is 433 g/mol. The van der Waals surface area contributed by atoms with E-state index >= 15 is 0 Å². The Labute approximate surface area is 170 Å². The lowest BCUT2D eigenvalue weighted by Crippen LogP contribution is -2.50. The van der Waals surface area contributed by atoms with E-state index < -0.39 is 34.3 Å². The highest BCUT2D eigenvalue weighted by Gasteiger charge is 2.46. The van der Waals surface area contributed by atoms with Crippen LogP contribution in [0, 0.1) is 18.7 Å². The smallest absolute Gasteiger partial charge is 0.336 e. The lowest BCUT2D eigenvalue weighted by atomic mass is 10.1. The first-order chi connectivity index (χ1) is 14.2. The zero-order valence-corrected chi connectivity index (χ0v) is 16.5. The molecule has 1 fully saturated rings. The van der Waals surface area contributed by atoms with Crippen LogP contribution >= 0.6 is 0 Å². The molecule has 3 aliphatic rings. The molecule has 0 unspecified atom stereocenters. The van der Waals surface area contributed by atoms with Crippen molar-refractivity contribution >= 4 is 33.2 Å². The predicted octanol–water partition coefficient (Wildman–Crippen LogP) is 1.37. The summed E-state index contributed by atoms with van der Waals surface area (Å²) in [6, 6.07) is 1.74. The fourth-order valence-electron chi connectivity index (χ4n) is 4.14. The number of aryl methyl sites for hydroxylation is 1. The highest BCUT2D eigenvalue weighted by molar-refractivity contribution is 7.90. The first-order valence-electron chi connectivity index (χ1n) is 9.19. The van der Waals surface area contributed by atoms with Gasteiger partial charge in [-0.1, -0.05) is 6.08 Å². The summed E-state index contributed by atoms with van der Waals surface area (Å²) >= 11 is 0. The minimum Gasteiger partial charge on any atom is -0.421 e. The summed E-state index contributed by atoms with van der Waals surface area (Å²) in [6.45, 7) is 1.37. The Bertz CT molecular complexity index is 1220. The van der Waals surface area contributed by atoms with Gasteiger partial charge in [-0.2, -0.15) is 0 Å². The number of benzene rings is 1. The predicted molar refractivity (Wildman–Crippen MR) is 99.9 cm³/mol. The van der Waals surface area contributed by atoms with Gasteiger partial charge in [-0.25, -0.2) is 21.9 Å². The maximum atomic E-state index is 13.6. The van der Waals surface area contributed by atoms with Crippen LogP contribution in [-0.2, 0) is 14.8 Å². The summed E-state index contributed by atoms with van der Waals surface area (Å²) in [5, 5.41) is 10.2. The SMILES string of the molecule is Cc1nnc(C2=C[C@@H]3C[C@H]2N(C(=O)CN2C(=O)Nc4ccc(F)cc4S2(=O)=O)C3)o1. The molecule has 3 heterocycles. The largest absolute Gasteiger partial charge is 0.421 e. The third kappa shape index (κ3) is 2.78. The Kier molecular flexibility index (Phi) is 3.97. The second-order valence-electron chi connectivity index (χ2n) is 7.39. The number of nitrogens with zero attached hydrogens (tertiary/aromatic N) is 4. The van der Waals surface area contributed by atoms with Crippen LogP contribution in [0.1, 0.15) is 18.2 Å². The second-order valence-corrected chi connectivity index (χ2v) is 9.22. The van der Waals surface area contributed by atoms with Gasteiger partial charge in [-0.3, -0.25) is 4.79 Å². The molecule has 30 heavy (non-hydrogen) atoms. The molecule has 1 aromatic carbocycles. The molecule has 10 nitrogen and oxygen atoms in total. The molecule has 1 aromatic heterocycles. The summed E-state index contributed by atoms with van der Waals surface area (Å²) in [5.41, 5.74) is 0.695. The number of amides is 3. The minimum absolute atomic E-state index is 0.0256. The molecule has 2 aromatic rings. The van der Waals surface area contributed by atoms with Crippen molar-refractivity contribution in [2.45, 2.75) is 24.3 Å². The highest BCUT2D eigenvalue weighted by Crippen LogP contribution is 2.41. The van der Waals surface area contributed by atoms with Crippen LogP contribution in [-0.4, -0.2) is 58.9 Å². The Hall–Kier alpha value is -3.28. The van der Waals surface area contributed by atoms with Crippen LogP contribution in [0.5, 0.6) is 0 Å². The average Bonchev–Trinajstić information content (AvgIpc) is 3.41. The van der Waals surface area contributed by atoms with Crippen LogP contribution in [0.15, 0.2) is 33.6 Å². The quantitative estimate of drug-likeness (QED) is 0.775. The van der Waals surface area contributed by atoms with Crippen molar-refractivity contribution < 1.29 is 26.8 Å². The van der Waals surface area contributed by atoms with Gasteiger partial charge in [0.2, 0.25) is 17.7 Å². The molecular formula is C18H16FN5O5S. The van der Waals surface area contributed by atoms with E-state index in [0.717, 1.165) is 17.7 Å². The third-order valence-corrected chi connectivity index (χ3v) is 7.23. The zero-order chi connectivity index (χ0) is 21.2. The van der Waals surface area contributed by atoms with Gasteiger partial charge < -0.3 is 14.6 Å². The van der Waals surface area contributed by atoms with Gasteiger partial charge >= 0.3 is 6.03 Å². The molecule has 2 atom stereocenters. The Morgan fingerprint density at radius 1 is 1.37 bits per heavy atom. The van der Waals surface area contributed by atoms with Crippen molar-refractivity contribution in [3.05, 3.63) is 41.9 Å². The molecule has 5 rings (SSSR count). The maximum absolute atomic E-state index is 13.6. The normalized spacial score (nSPS) is 23.9. The van der Waals surface area contributed by atoms with Crippen LogP contribution in [0.25, 0.3) is 5.57 Å². The first kappa shape index (κ1) is 18.7. The number of urea groups is 1. The van der Waals surface area contributed by atoms with Gasteiger partial charge in [-0.05, 0) is 30.5 Å². The van der Waals surface area contributed by atoms with E-state index in [9.17, 15) is 22.4 Å². The van der Waals surface area contributed by atoms with Gasteiger partial charge in [-0.15, -0.1) is 10.2 Å². The van der Waals surface area contributed by atoms with E-state index in [-0.39, 0.29) is 22.5 Å². The van der Waals surface area contributed by atoms with E-state index in [4.69, 9.17) is 4.42 Å². The number of fused-ring (bicyclic) bond motifs is 3. The van der Waals surface area contributed by atoms with Crippen LogP contribution in [0.4, 0.5) is 14.9 Å². The molecule has 2 aliphatic heterocycles. The van der Waals surface area contributed by atoms with E-state index in [1.54, 1.807) is 6.92 Å². The lowest BCUT2D eigenvalue weighted by Gasteiger charge is -2.32. The number of halogens is 1. The molecule has 0 radical (unpaired) electrons. The number of hydrogen-bond acceptors (Lipinski definition) is 7. The highest BCUT2D eigenvalue weighted by atomic mass is 32.2. The number of aromatic nitrogens is 2. The number of carbonyl (C=O) groups is 2. The van der Waals surface area contributed by atoms with E-state index in [0.29, 0.717) is 29.1 Å². The molecule has 12 heteroatoms. The summed E-state index contributed by atoms with van der Waals surface area (Å²) in [6.07, 6.45) is 2.64. The molecule has 1 N–H and O–H groups in total. The molecule has 1 saturated heterocycles. The number of nitrogens with one attached hydrogen (secondary N) is 1. The minimum atomic E-state index is -4.38. The number of sulfonamides is 1. The number of anilines is 1. The molecule has 0 spiro atoms. The number of rotatable bonds is 3. The van der Waals surface area contributed by atoms with Crippen LogP contribution in [0.3, 0.4) is 0 Å². The van der Waals surface area contributed by atoms with Gasteiger partial charge in [0.15, 0.2) is 0 Å². The fourth-order valence-corrected chi connectivity index (χ4v) is 5.58. The first-order valence-corrected chi connectivity index (χ1v) is 10.6. The summed E-state index contributed by atoms with van der Waals surface area (Å²) in [4.78, 5) is 26.5. The van der Waals surface area contributed by atoms with Crippen molar-refractivity contribution in [3.63, 3.8) is 0 Å². The molecule has 0 saturated carbocycles. The van der Waals surface area contributed by atoms with Crippen LogP contribution in [0.2, 0.25) is 0 Å². The fraction of sp³-hybridized carbons (Fsp3) is 0.333. The van der Waals surface area contributed by atoms with E-state index in [1.807, 2.05) is 6.08 Å². The summed E-state index contributed by atoms with van der Waals surface area (Å²) in [5.74, 6) is -0.495. The average molecular weight is 433 g/mol. The topological polar surface area (TPSA) is 126 Å². The summed E-state index contributed by atoms with van der Waals surface area (Å²) in [7, 11) is -4.38. The molecule has 2 bridgehead atoms. The number of carbonyl (C=O) groups excluding carboxylic acids is 2. The zero-order valence-electron chi connectivity index (χ0n) is 15.7. The van der Waals surface area contributed by atoms with Crippen molar-refractivity contribution in [1.82, 2.24) is 19.4 Å². The molecule has 156 valence electrons. The van der Waals surface area contributed by atoms with Crippen molar-refractivity contribution in [1.29, 1.82) is 0 Å². The van der Waals surface area contributed by atoms with E-state index in [1.165, 1.54) is 11.0 Å². The van der Waals surface area contributed by atoms with Crippen molar-refractivity contribution in [2.24, 2.45) is 5.92 Å². The molecule has 1 aliphatic carbocycles. The molecular weight excluding hydrogens is 417 g/mol. The third-order valence-electron chi connectivity index (χ3n) is 5.46. The van der Waals surface area contributed by atoms with E-state index in [2.05, 4.69) is 15.5 Å². The Morgan fingerprint density at radius 2 is 2.17 bits per heavy atom. The van der Waals surface area contributed by atoms with Gasteiger partial charge in [0.25, 0.3) is 10.0 Å². The molecule has 3 amide bonds. The maximum Gasteiger partial charge on any atom is 0.336 e. The number of hydrogen-bond donors (Lipinski definition) is 1. The summed E-state index contributed by atoms with van der Waals surface area (Å²) < 4.78 is 45.2. The van der Waals surface area contributed by atoms with Gasteiger partial charge in [0.1, 0.15) is 17.3 Å². The van der Waals surface area contributed by atoms with Crippen LogP contribution < -0.4 is 5.32 Å². The van der Waals surface area contributed by atoms with Gasteiger partial charge in [0.05, 0.1) is 11.7 Å². The standard InChI is InChI=1S/C18H16FN5O5S/c1-9-21-22-17(29-9)12-4-10-5-14(12)23(7-10)16(25)8-24-18(26)20-13-3-2-11(19)6-15(13)30(24,27)28/h2-4,6,10,14H,5,7-8H2,1H3,(H,20,26)/t10-,14-/m1/s1. The van der Waals surface area contributed by atoms with Crippen molar-refractivity contribution in [3.8, 4) is 0 Å². The number of likely N-dealkylation sites (tertiary alicyclic amines) is 1. The Morgan fingerprint density at radius 3 is 2.87 bits per heavy atom. The van der Waals surface area contributed by atoms with Gasteiger partial charge in [0, 0.05) is 19.0 Å². The Balaban J connectivity index is 1.40.